The summed E-state index contributed by atoms with van der Waals surface area (Å²) in [5.74, 6) is 0. The summed E-state index contributed by atoms with van der Waals surface area (Å²) in [6, 6.07) is 6.64. The summed E-state index contributed by atoms with van der Waals surface area (Å²) in [5, 5.41) is 4.42. The average Bonchev–Trinajstić information content (AvgIpc) is 3.12. The number of anilines is 1. The van der Waals surface area contributed by atoms with Crippen LogP contribution < -0.4 is 4.72 Å². The molecule has 0 amide bonds. The van der Waals surface area contributed by atoms with Gasteiger partial charge in [-0.2, -0.15) is 13.5 Å². The Bertz CT molecular complexity index is 844. The molecule has 7 nitrogen and oxygen atoms in total. The van der Waals surface area contributed by atoms with Crippen molar-refractivity contribution in [3.63, 3.8) is 0 Å². The summed E-state index contributed by atoms with van der Waals surface area (Å²) in [4.78, 5) is 6.25. The van der Waals surface area contributed by atoms with E-state index in [0.29, 0.717) is 16.4 Å². The van der Waals surface area contributed by atoms with Gasteiger partial charge < -0.3 is 4.98 Å². The summed E-state index contributed by atoms with van der Waals surface area (Å²) < 4.78 is 28.4. The minimum atomic E-state index is -3.77. The van der Waals surface area contributed by atoms with Crippen molar-refractivity contribution in [3.05, 3.63) is 54.2 Å². The molecule has 0 unspecified atom stereocenters. The predicted octanol–water partition coefficient (Wildman–Crippen LogP) is 2.05. The molecule has 108 valence electrons. The van der Waals surface area contributed by atoms with Crippen LogP contribution in [0.5, 0.6) is 0 Å². The Labute approximate surface area is 125 Å². The van der Waals surface area contributed by atoms with Gasteiger partial charge in [-0.3, -0.25) is 4.72 Å². The number of aromatic nitrogens is 4. The highest BCUT2D eigenvalue weighted by Gasteiger charge is 2.19. The van der Waals surface area contributed by atoms with Gasteiger partial charge in [0.25, 0.3) is 10.0 Å². The van der Waals surface area contributed by atoms with Gasteiger partial charge in [-0.25, -0.2) is 9.67 Å². The molecular weight excluding hydrogens is 314 g/mol. The lowest BCUT2D eigenvalue weighted by Crippen LogP contribution is -2.15. The molecule has 3 aromatic rings. The molecule has 0 bridgehead atoms. The van der Waals surface area contributed by atoms with E-state index in [4.69, 9.17) is 11.6 Å². The van der Waals surface area contributed by atoms with Crippen molar-refractivity contribution in [1.82, 2.24) is 19.7 Å². The molecule has 9 heteroatoms. The minimum Gasteiger partial charge on any atom is -0.334 e. The average molecular weight is 324 g/mol. The number of hydrogen-bond donors (Lipinski definition) is 2. The highest BCUT2D eigenvalue weighted by Crippen LogP contribution is 2.29. The van der Waals surface area contributed by atoms with E-state index in [1.807, 2.05) is 0 Å². The first-order valence-electron chi connectivity index (χ1n) is 5.88. The Balaban J connectivity index is 2.07. The van der Waals surface area contributed by atoms with Crippen LogP contribution in [0, 0.1) is 0 Å². The molecule has 0 saturated carbocycles. The first-order chi connectivity index (χ1) is 10.1. The molecule has 0 radical (unpaired) electrons. The van der Waals surface area contributed by atoms with Gasteiger partial charge in [0.2, 0.25) is 0 Å². The van der Waals surface area contributed by atoms with Gasteiger partial charge in [-0.1, -0.05) is 17.7 Å². The van der Waals surface area contributed by atoms with E-state index in [2.05, 4.69) is 19.8 Å². The Morgan fingerprint density at radius 3 is 2.81 bits per heavy atom. The third kappa shape index (κ3) is 2.63. The van der Waals surface area contributed by atoms with Gasteiger partial charge in [-0.15, -0.1) is 0 Å². The lowest BCUT2D eigenvalue weighted by molar-refractivity contribution is 0.598. The monoisotopic (exact) mass is 323 g/mol. The number of H-pyrrole nitrogens is 1. The van der Waals surface area contributed by atoms with Crippen molar-refractivity contribution in [2.75, 3.05) is 4.72 Å². The summed E-state index contributed by atoms with van der Waals surface area (Å²) in [6.45, 7) is 0. The lowest BCUT2D eigenvalue weighted by atomic mass is 10.3. The molecule has 0 spiro atoms. The molecule has 0 aliphatic carbocycles. The number of rotatable bonds is 4. The first kappa shape index (κ1) is 13.7. The Kier molecular flexibility index (Phi) is 3.40. The highest BCUT2D eigenvalue weighted by atomic mass is 35.5. The molecule has 21 heavy (non-hydrogen) atoms. The summed E-state index contributed by atoms with van der Waals surface area (Å²) in [7, 11) is -3.77. The van der Waals surface area contributed by atoms with Crippen molar-refractivity contribution < 1.29 is 8.42 Å². The molecule has 2 aromatic heterocycles. The number of hydrogen-bond acceptors (Lipinski definition) is 4. The number of imidazole rings is 1. The van der Waals surface area contributed by atoms with Crippen LogP contribution in [0.4, 0.5) is 5.69 Å². The third-order valence-electron chi connectivity index (χ3n) is 2.73. The van der Waals surface area contributed by atoms with E-state index in [1.165, 1.54) is 17.2 Å². The Morgan fingerprint density at radius 1 is 1.29 bits per heavy atom. The fourth-order valence-corrected chi connectivity index (χ4v) is 3.05. The van der Waals surface area contributed by atoms with Crippen LogP contribution in [-0.2, 0) is 10.0 Å². The standard InChI is InChI=1S/C12H10ClN5O2S/c13-9-3-1-4-10(12(9)18-6-2-5-16-18)17-21(19,20)11-7-14-8-15-11/h1-8,17H,(H,14,15). The molecule has 1 aromatic carbocycles. The van der Waals surface area contributed by atoms with Crippen LogP contribution in [-0.4, -0.2) is 28.2 Å². The maximum Gasteiger partial charge on any atom is 0.279 e. The quantitative estimate of drug-likeness (QED) is 0.768. The normalized spacial score (nSPS) is 11.5. The lowest BCUT2D eigenvalue weighted by Gasteiger charge is -2.13. The minimum absolute atomic E-state index is 0.0334. The van der Waals surface area contributed by atoms with E-state index in [9.17, 15) is 8.42 Å². The molecule has 0 fully saturated rings. The van der Waals surface area contributed by atoms with Crippen molar-refractivity contribution in [1.29, 1.82) is 0 Å². The molecule has 0 aliphatic heterocycles. The van der Waals surface area contributed by atoms with Crippen LogP contribution in [0.3, 0.4) is 0 Å². The number of nitrogens with zero attached hydrogens (tertiary/aromatic N) is 3. The fourth-order valence-electron chi connectivity index (χ4n) is 1.82. The van der Waals surface area contributed by atoms with Gasteiger partial charge in [-0.05, 0) is 18.2 Å². The van der Waals surface area contributed by atoms with Crippen molar-refractivity contribution in [3.8, 4) is 5.69 Å². The van der Waals surface area contributed by atoms with Gasteiger partial charge >= 0.3 is 0 Å². The number of benzene rings is 1. The van der Waals surface area contributed by atoms with Crippen LogP contribution in [0.2, 0.25) is 5.02 Å². The van der Waals surface area contributed by atoms with Crippen molar-refractivity contribution in [2.24, 2.45) is 0 Å². The second-order valence-corrected chi connectivity index (χ2v) is 6.17. The molecule has 0 saturated heterocycles. The third-order valence-corrected chi connectivity index (χ3v) is 4.32. The number of halogens is 1. The second-order valence-electron chi connectivity index (χ2n) is 4.11. The summed E-state index contributed by atoms with van der Waals surface area (Å²) in [5.41, 5.74) is 0.771. The first-order valence-corrected chi connectivity index (χ1v) is 7.74. The molecule has 2 N–H and O–H groups in total. The molecule has 3 rings (SSSR count). The maximum atomic E-state index is 12.2. The van der Waals surface area contributed by atoms with E-state index in [1.54, 1.807) is 36.7 Å². The zero-order chi connectivity index (χ0) is 14.9. The van der Waals surface area contributed by atoms with Crippen LogP contribution >= 0.6 is 11.6 Å². The Hall–Kier alpha value is -2.32. The summed E-state index contributed by atoms with van der Waals surface area (Å²) >= 11 is 6.16. The number of para-hydroxylation sites is 1. The molecule has 0 atom stereocenters. The van der Waals surface area contributed by atoms with E-state index in [0.717, 1.165) is 0 Å². The summed E-state index contributed by atoms with van der Waals surface area (Å²) in [6.07, 6.45) is 5.77. The zero-order valence-electron chi connectivity index (χ0n) is 10.6. The van der Waals surface area contributed by atoms with Gasteiger partial charge in [0.1, 0.15) is 5.69 Å². The van der Waals surface area contributed by atoms with Crippen molar-refractivity contribution in [2.45, 2.75) is 5.03 Å². The van der Waals surface area contributed by atoms with Crippen molar-refractivity contribution >= 4 is 27.3 Å². The number of sulfonamides is 1. The zero-order valence-corrected chi connectivity index (χ0v) is 12.1. The van der Waals surface area contributed by atoms with E-state index < -0.39 is 10.0 Å². The SMILES string of the molecule is O=S(=O)(Nc1cccc(Cl)c1-n1cccn1)c1cnc[nH]1. The maximum absolute atomic E-state index is 12.2. The van der Waals surface area contributed by atoms with E-state index >= 15 is 0 Å². The van der Waals surface area contributed by atoms with Crippen LogP contribution in [0.25, 0.3) is 5.69 Å². The smallest absolute Gasteiger partial charge is 0.279 e. The van der Waals surface area contributed by atoms with Crippen LogP contribution in [0.15, 0.2) is 54.2 Å². The highest BCUT2D eigenvalue weighted by molar-refractivity contribution is 7.92. The predicted molar refractivity (Wildman–Crippen MR) is 78.0 cm³/mol. The molecular formula is C12H10ClN5O2S. The molecule has 0 aliphatic rings. The molecule has 2 heterocycles. The second kappa shape index (κ2) is 5.23. The van der Waals surface area contributed by atoms with Gasteiger partial charge in [0, 0.05) is 12.4 Å². The largest absolute Gasteiger partial charge is 0.334 e. The van der Waals surface area contributed by atoms with E-state index in [-0.39, 0.29) is 5.03 Å². The van der Waals surface area contributed by atoms with Gasteiger partial charge in [0.15, 0.2) is 5.03 Å². The fraction of sp³-hybridized carbons (Fsp3) is 0. The van der Waals surface area contributed by atoms with Gasteiger partial charge in [0.05, 0.1) is 23.2 Å². The number of nitrogens with one attached hydrogen (secondary N) is 2. The Morgan fingerprint density at radius 2 is 2.14 bits per heavy atom. The van der Waals surface area contributed by atoms with Crippen LogP contribution in [0.1, 0.15) is 0 Å². The number of aromatic amines is 1. The topological polar surface area (TPSA) is 92.7 Å².